The van der Waals surface area contributed by atoms with Gasteiger partial charge in [-0.2, -0.15) is 0 Å². The summed E-state index contributed by atoms with van der Waals surface area (Å²) in [7, 11) is 0. The molecule has 1 aliphatic heterocycles. The number of fused-ring (bicyclic) bond motifs is 1. The van der Waals surface area contributed by atoms with E-state index in [9.17, 15) is 9.18 Å². The fourth-order valence-corrected chi connectivity index (χ4v) is 5.57. The molecule has 33 heavy (non-hydrogen) atoms. The maximum atomic E-state index is 13.0. The van der Waals surface area contributed by atoms with Gasteiger partial charge in [-0.05, 0) is 42.7 Å². The van der Waals surface area contributed by atoms with Crippen molar-refractivity contribution in [3.8, 4) is 10.6 Å². The lowest BCUT2D eigenvalue weighted by Gasteiger charge is -2.35. The number of hydrazine groups is 1. The van der Waals surface area contributed by atoms with Gasteiger partial charge in [0.25, 0.3) is 0 Å². The highest BCUT2D eigenvalue weighted by molar-refractivity contribution is 7.18. The van der Waals surface area contributed by atoms with Crippen LogP contribution in [-0.2, 0) is 11.2 Å². The van der Waals surface area contributed by atoms with Crippen molar-refractivity contribution in [1.82, 2.24) is 26.0 Å². The number of amides is 1. The highest BCUT2D eigenvalue weighted by Crippen LogP contribution is 2.34. The molecule has 5 rings (SSSR count). The quantitative estimate of drug-likeness (QED) is 0.396. The predicted molar refractivity (Wildman–Crippen MR) is 127 cm³/mol. The zero-order chi connectivity index (χ0) is 22.8. The maximum absolute atomic E-state index is 13.0. The van der Waals surface area contributed by atoms with E-state index >= 15 is 0 Å². The standard InChI is InChI=1S/C22H23ClFN7OS/c23-20-15-11-26-29-16(15)5-6-17(20)27-22-31-30-21(33-22)13-7-8-25-18(10-13)28-19(32)9-12-1-3-14(24)4-2-12/h1-4,7-8,10,15-17,20,26,29H,5-6,9,11H2,(H,27,31)(H,25,28,32). The fraction of sp³-hybridized carbons (Fsp3) is 0.364. The van der Waals surface area contributed by atoms with Crippen LogP contribution in [0, 0.1) is 11.7 Å². The Morgan fingerprint density at radius 1 is 1.21 bits per heavy atom. The van der Waals surface area contributed by atoms with Crippen LogP contribution in [0.1, 0.15) is 18.4 Å². The minimum atomic E-state index is -0.332. The second kappa shape index (κ2) is 9.68. The summed E-state index contributed by atoms with van der Waals surface area (Å²) in [5, 5.41) is 16.3. The molecule has 1 aromatic carbocycles. The molecule has 2 fully saturated rings. The van der Waals surface area contributed by atoms with E-state index in [1.807, 2.05) is 6.07 Å². The molecule has 1 amide bonds. The third-order valence-corrected chi connectivity index (χ3v) is 7.54. The molecule has 3 aromatic rings. The number of rotatable bonds is 6. The van der Waals surface area contributed by atoms with Crippen molar-refractivity contribution in [2.75, 3.05) is 17.2 Å². The van der Waals surface area contributed by atoms with Gasteiger partial charge in [0, 0.05) is 36.3 Å². The summed E-state index contributed by atoms with van der Waals surface area (Å²) in [6, 6.07) is 9.99. The molecule has 0 bridgehead atoms. The van der Waals surface area contributed by atoms with E-state index in [2.05, 4.69) is 36.7 Å². The summed E-state index contributed by atoms with van der Waals surface area (Å²) in [5.41, 5.74) is 8.03. The first kappa shape index (κ1) is 22.1. The Kier molecular flexibility index (Phi) is 6.50. The lowest BCUT2D eigenvalue weighted by atomic mass is 9.82. The van der Waals surface area contributed by atoms with Crippen molar-refractivity contribution in [3.63, 3.8) is 0 Å². The minimum absolute atomic E-state index is 0.00227. The van der Waals surface area contributed by atoms with Gasteiger partial charge in [0.05, 0.1) is 11.8 Å². The van der Waals surface area contributed by atoms with Gasteiger partial charge >= 0.3 is 0 Å². The SMILES string of the molecule is O=C(Cc1ccc(F)cc1)Nc1cc(-c2nnc(NC3CCC4NNCC4C3Cl)s2)ccn1. The van der Waals surface area contributed by atoms with Crippen molar-refractivity contribution in [2.24, 2.45) is 5.92 Å². The van der Waals surface area contributed by atoms with Gasteiger partial charge in [-0.15, -0.1) is 21.8 Å². The van der Waals surface area contributed by atoms with E-state index in [4.69, 9.17) is 11.6 Å². The van der Waals surface area contributed by atoms with Crippen LogP contribution in [0.5, 0.6) is 0 Å². The predicted octanol–water partition coefficient (Wildman–Crippen LogP) is 3.19. The summed E-state index contributed by atoms with van der Waals surface area (Å²) in [6.45, 7) is 0.866. The van der Waals surface area contributed by atoms with Gasteiger partial charge in [-0.25, -0.2) is 9.37 Å². The Morgan fingerprint density at radius 3 is 2.91 bits per heavy atom. The van der Waals surface area contributed by atoms with Crippen molar-refractivity contribution < 1.29 is 9.18 Å². The van der Waals surface area contributed by atoms with E-state index in [0.29, 0.717) is 17.8 Å². The molecule has 2 aromatic heterocycles. The molecule has 4 unspecified atom stereocenters. The average Bonchev–Trinajstić information content (AvgIpc) is 3.48. The molecule has 1 saturated carbocycles. The van der Waals surface area contributed by atoms with Crippen LogP contribution < -0.4 is 21.5 Å². The highest BCUT2D eigenvalue weighted by atomic mass is 35.5. The topological polar surface area (TPSA) is 104 Å². The van der Waals surface area contributed by atoms with Crippen molar-refractivity contribution in [3.05, 3.63) is 54.0 Å². The Hall–Kier alpha value is -2.66. The maximum Gasteiger partial charge on any atom is 0.229 e. The Morgan fingerprint density at radius 2 is 2.06 bits per heavy atom. The van der Waals surface area contributed by atoms with Gasteiger partial charge in [0.2, 0.25) is 11.0 Å². The smallest absolute Gasteiger partial charge is 0.229 e. The zero-order valence-electron chi connectivity index (χ0n) is 17.6. The first-order valence-corrected chi connectivity index (χ1v) is 12.0. The second-order valence-electron chi connectivity index (χ2n) is 8.26. The summed E-state index contributed by atoms with van der Waals surface area (Å²) >= 11 is 8.18. The minimum Gasteiger partial charge on any atom is -0.356 e. The Balaban J connectivity index is 1.22. The lowest BCUT2D eigenvalue weighted by Crippen LogP contribution is -2.47. The van der Waals surface area contributed by atoms with Gasteiger partial charge in [-0.3, -0.25) is 15.6 Å². The number of halogens is 2. The summed E-state index contributed by atoms with van der Waals surface area (Å²) in [5.74, 6) is 0.239. The van der Waals surface area contributed by atoms with E-state index in [0.717, 1.165) is 40.7 Å². The number of carbonyl (C=O) groups excluding carboxylic acids is 1. The molecule has 8 nitrogen and oxygen atoms in total. The largest absolute Gasteiger partial charge is 0.356 e. The number of carbonyl (C=O) groups is 1. The van der Waals surface area contributed by atoms with Gasteiger partial charge in [0.1, 0.15) is 16.6 Å². The number of alkyl halides is 1. The molecule has 0 radical (unpaired) electrons. The Labute approximate surface area is 199 Å². The zero-order valence-corrected chi connectivity index (χ0v) is 19.2. The van der Waals surface area contributed by atoms with E-state index < -0.39 is 0 Å². The van der Waals surface area contributed by atoms with E-state index in [-0.39, 0.29) is 29.6 Å². The molecular formula is C22H23ClFN7OS. The summed E-state index contributed by atoms with van der Waals surface area (Å²) in [4.78, 5) is 16.6. The van der Waals surface area contributed by atoms with Gasteiger partial charge in [0.15, 0.2) is 0 Å². The normalized spacial score (nSPS) is 24.3. The van der Waals surface area contributed by atoms with Crippen LogP contribution in [0.25, 0.3) is 10.6 Å². The number of aromatic nitrogens is 3. The van der Waals surface area contributed by atoms with Crippen molar-refractivity contribution >= 4 is 39.8 Å². The lowest BCUT2D eigenvalue weighted by molar-refractivity contribution is -0.115. The molecule has 4 atom stereocenters. The van der Waals surface area contributed by atoms with Gasteiger partial charge in [-0.1, -0.05) is 23.5 Å². The van der Waals surface area contributed by atoms with Crippen LogP contribution >= 0.6 is 22.9 Å². The number of pyridine rings is 1. The summed E-state index contributed by atoms with van der Waals surface area (Å²) < 4.78 is 13.0. The first-order valence-electron chi connectivity index (χ1n) is 10.8. The van der Waals surface area contributed by atoms with Crippen molar-refractivity contribution in [1.29, 1.82) is 0 Å². The summed E-state index contributed by atoms with van der Waals surface area (Å²) in [6.07, 6.45) is 3.76. The third kappa shape index (κ3) is 5.14. The highest BCUT2D eigenvalue weighted by Gasteiger charge is 2.41. The molecule has 172 valence electrons. The van der Waals surface area contributed by atoms with Crippen molar-refractivity contribution in [2.45, 2.75) is 36.7 Å². The molecular weight excluding hydrogens is 465 g/mol. The number of hydrogen-bond donors (Lipinski definition) is 4. The van der Waals surface area contributed by atoms with Crippen LogP contribution in [0.4, 0.5) is 15.3 Å². The number of anilines is 2. The van der Waals surface area contributed by atoms with E-state index in [1.165, 1.54) is 23.5 Å². The first-order chi connectivity index (χ1) is 16.0. The number of benzene rings is 1. The number of hydrogen-bond acceptors (Lipinski definition) is 8. The number of nitrogens with one attached hydrogen (secondary N) is 4. The molecule has 0 spiro atoms. The fourth-order valence-electron chi connectivity index (χ4n) is 4.31. The van der Waals surface area contributed by atoms with Crippen LogP contribution in [0.15, 0.2) is 42.6 Å². The molecule has 3 heterocycles. The third-order valence-electron chi connectivity index (χ3n) is 6.01. The Bertz CT molecular complexity index is 1130. The molecule has 11 heteroatoms. The molecule has 1 aliphatic carbocycles. The number of nitrogens with zero attached hydrogens (tertiary/aromatic N) is 3. The molecule has 1 saturated heterocycles. The van der Waals surface area contributed by atoms with Crippen LogP contribution in [0.3, 0.4) is 0 Å². The molecule has 2 aliphatic rings. The average molecular weight is 488 g/mol. The molecule has 4 N–H and O–H groups in total. The van der Waals surface area contributed by atoms with Crippen LogP contribution in [-0.4, -0.2) is 45.1 Å². The monoisotopic (exact) mass is 487 g/mol. The van der Waals surface area contributed by atoms with Crippen LogP contribution in [0.2, 0.25) is 0 Å². The van der Waals surface area contributed by atoms with Gasteiger partial charge < -0.3 is 10.6 Å². The van der Waals surface area contributed by atoms with E-state index in [1.54, 1.807) is 24.4 Å². The second-order valence-corrected chi connectivity index (χ2v) is 9.74.